The summed E-state index contributed by atoms with van der Waals surface area (Å²) in [5, 5.41) is 17.2. The lowest BCUT2D eigenvalue weighted by atomic mass is 10.1. The molecule has 1 unspecified atom stereocenters. The molecule has 3 aromatic rings. The third-order valence-corrected chi connectivity index (χ3v) is 6.07. The molecule has 4 N–H and O–H groups in total. The summed E-state index contributed by atoms with van der Waals surface area (Å²) in [6, 6.07) is 7.72. The zero-order chi connectivity index (χ0) is 26.5. The molecule has 0 aliphatic carbocycles. The maximum atomic E-state index is 14.3. The van der Waals surface area contributed by atoms with Crippen molar-refractivity contribution in [1.29, 1.82) is 0 Å². The van der Waals surface area contributed by atoms with Crippen LogP contribution in [0.1, 0.15) is 10.4 Å². The number of anilines is 3. The van der Waals surface area contributed by atoms with Crippen LogP contribution in [0.3, 0.4) is 0 Å². The van der Waals surface area contributed by atoms with Gasteiger partial charge in [-0.05, 0) is 30.3 Å². The zero-order valence-electron chi connectivity index (χ0n) is 19.0. The number of nitrogens with zero attached hydrogens (tertiary/aromatic N) is 3. The highest BCUT2D eigenvalue weighted by Crippen LogP contribution is 2.30. The van der Waals surface area contributed by atoms with Crippen molar-refractivity contribution in [2.45, 2.75) is 18.1 Å². The van der Waals surface area contributed by atoms with E-state index in [1.54, 1.807) is 6.07 Å². The average Bonchev–Trinajstić information content (AvgIpc) is 3.22. The number of alkyl halides is 2. The Morgan fingerprint density at radius 2 is 1.97 bits per heavy atom. The molecule has 0 radical (unpaired) electrons. The van der Waals surface area contributed by atoms with Crippen molar-refractivity contribution in [2.24, 2.45) is 0 Å². The molecule has 2 aliphatic rings. The van der Waals surface area contributed by atoms with Gasteiger partial charge in [-0.2, -0.15) is 0 Å². The number of rotatable bonds is 5. The minimum atomic E-state index is -3.03. The van der Waals surface area contributed by atoms with Gasteiger partial charge in [0.1, 0.15) is 5.82 Å². The van der Waals surface area contributed by atoms with Crippen LogP contribution in [0.2, 0.25) is 0 Å². The summed E-state index contributed by atoms with van der Waals surface area (Å²) in [7, 11) is 0. The van der Waals surface area contributed by atoms with E-state index in [1.807, 2.05) is 0 Å². The lowest BCUT2D eigenvalue weighted by molar-refractivity contribution is -0.150. The van der Waals surface area contributed by atoms with Crippen molar-refractivity contribution >= 4 is 45.9 Å². The van der Waals surface area contributed by atoms with Crippen molar-refractivity contribution < 1.29 is 41.9 Å². The van der Waals surface area contributed by atoms with E-state index in [-0.39, 0.29) is 30.3 Å². The van der Waals surface area contributed by atoms with E-state index in [9.17, 15) is 32.7 Å². The Morgan fingerprint density at radius 1 is 1.22 bits per heavy atom. The smallest absolute Gasteiger partial charge is 0.282 e. The predicted molar refractivity (Wildman–Crippen MR) is 122 cm³/mol. The van der Waals surface area contributed by atoms with Crippen molar-refractivity contribution in [3.63, 3.8) is 0 Å². The maximum absolute atomic E-state index is 14.3. The monoisotopic (exact) mass is 519 g/mol. The fourth-order valence-corrected chi connectivity index (χ4v) is 4.15. The molecule has 194 valence electrons. The molecule has 2 saturated heterocycles. The fourth-order valence-electron chi connectivity index (χ4n) is 4.15. The third-order valence-electron chi connectivity index (χ3n) is 6.07. The van der Waals surface area contributed by atoms with Gasteiger partial charge in [0.15, 0.2) is 23.6 Å². The molecule has 0 bridgehead atoms. The standard InChI is InChI=1S/C23H20F3N5O6/c24-15-4-2-12(8-14(15)21(34)30-9-23(25,26)10-30)31-5-6-36-18(22(31)35)17(32)20(33)28-11-1-3-13-16(7-11)37-29-19(13)27/h1-4,7-8,17-18,32H,5-6,9-10H2,(H2,27,29)(H,28,33)/t17?,18-/m1/s1. The first-order valence-electron chi connectivity index (χ1n) is 11.1. The van der Waals surface area contributed by atoms with Crippen LogP contribution in [0.15, 0.2) is 40.9 Å². The number of hydrogen-bond acceptors (Lipinski definition) is 8. The van der Waals surface area contributed by atoms with Crippen LogP contribution in [-0.4, -0.2) is 77.3 Å². The summed E-state index contributed by atoms with van der Waals surface area (Å²) >= 11 is 0. The summed E-state index contributed by atoms with van der Waals surface area (Å²) in [5.41, 5.74) is 5.79. The number of carbonyl (C=O) groups excluding carboxylic acids is 3. The van der Waals surface area contributed by atoms with Crippen LogP contribution in [0.5, 0.6) is 0 Å². The Hall–Kier alpha value is -4.17. The molecule has 14 heteroatoms. The van der Waals surface area contributed by atoms with E-state index in [2.05, 4.69) is 10.5 Å². The Bertz CT molecular complexity index is 1400. The number of ether oxygens (including phenoxy) is 1. The molecular weight excluding hydrogens is 499 g/mol. The molecule has 37 heavy (non-hydrogen) atoms. The number of aliphatic hydroxyl groups excluding tert-OH is 1. The van der Waals surface area contributed by atoms with Gasteiger partial charge in [-0.3, -0.25) is 14.4 Å². The fraction of sp³-hybridized carbons (Fsp3) is 0.304. The highest BCUT2D eigenvalue weighted by molar-refractivity contribution is 6.05. The third kappa shape index (κ3) is 4.56. The molecule has 3 heterocycles. The van der Waals surface area contributed by atoms with Gasteiger partial charge < -0.3 is 35.2 Å². The predicted octanol–water partition coefficient (Wildman–Crippen LogP) is 1.37. The second kappa shape index (κ2) is 9.05. The maximum Gasteiger partial charge on any atom is 0.282 e. The van der Waals surface area contributed by atoms with Crippen LogP contribution in [0.25, 0.3) is 11.0 Å². The van der Waals surface area contributed by atoms with E-state index < -0.39 is 60.3 Å². The van der Waals surface area contributed by atoms with E-state index in [0.717, 1.165) is 21.9 Å². The number of nitrogen functional groups attached to an aromatic ring is 1. The second-order valence-corrected chi connectivity index (χ2v) is 8.68. The van der Waals surface area contributed by atoms with Gasteiger partial charge in [-0.1, -0.05) is 5.16 Å². The molecule has 5 rings (SSSR count). The molecule has 2 aromatic carbocycles. The molecule has 3 amide bonds. The van der Waals surface area contributed by atoms with Crippen molar-refractivity contribution in [2.75, 3.05) is 42.2 Å². The van der Waals surface area contributed by atoms with Gasteiger partial charge in [-0.25, -0.2) is 13.2 Å². The normalized spacial score (nSPS) is 20.0. The molecule has 2 fully saturated rings. The minimum Gasteiger partial charge on any atom is -0.380 e. The largest absolute Gasteiger partial charge is 0.380 e. The number of aliphatic hydroxyl groups is 1. The number of aromatic nitrogens is 1. The van der Waals surface area contributed by atoms with Gasteiger partial charge in [0.2, 0.25) is 0 Å². The molecular formula is C23H20F3N5O6. The van der Waals surface area contributed by atoms with Crippen LogP contribution in [0, 0.1) is 5.82 Å². The SMILES string of the molecule is Nc1noc2cc(NC(=O)C(O)[C@H]3OCCN(c4ccc(F)c(C(=O)N5CC(F)(F)C5)c4)C3=O)ccc12. The number of benzene rings is 2. The van der Waals surface area contributed by atoms with E-state index in [1.165, 1.54) is 18.2 Å². The number of carbonyl (C=O) groups is 3. The number of fused-ring (bicyclic) bond motifs is 1. The van der Waals surface area contributed by atoms with Crippen LogP contribution in [0.4, 0.5) is 30.4 Å². The van der Waals surface area contributed by atoms with Crippen LogP contribution in [-0.2, 0) is 14.3 Å². The zero-order valence-corrected chi connectivity index (χ0v) is 19.0. The summed E-state index contributed by atoms with van der Waals surface area (Å²) in [5.74, 6) is -6.49. The van der Waals surface area contributed by atoms with E-state index >= 15 is 0 Å². The highest BCUT2D eigenvalue weighted by Gasteiger charge is 2.47. The Balaban J connectivity index is 1.30. The number of amides is 3. The summed E-state index contributed by atoms with van der Waals surface area (Å²) in [6.45, 7) is -1.75. The minimum absolute atomic E-state index is 0.0195. The Morgan fingerprint density at radius 3 is 2.70 bits per heavy atom. The van der Waals surface area contributed by atoms with Gasteiger partial charge in [0.25, 0.3) is 23.6 Å². The first kappa shape index (κ1) is 24.5. The van der Waals surface area contributed by atoms with Gasteiger partial charge in [0.05, 0.1) is 30.6 Å². The van der Waals surface area contributed by atoms with E-state index in [0.29, 0.717) is 11.0 Å². The van der Waals surface area contributed by atoms with E-state index in [4.69, 9.17) is 15.0 Å². The summed E-state index contributed by atoms with van der Waals surface area (Å²) in [4.78, 5) is 40.1. The average molecular weight is 519 g/mol. The van der Waals surface area contributed by atoms with Crippen molar-refractivity contribution in [1.82, 2.24) is 10.1 Å². The summed E-state index contributed by atoms with van der Waals surface area (Å²) < 4.78 is 51.0. The number of nitrogens with one attached hydrogen (secondary N) is 1. The van der Waals surface area contributed by atoms with Gasteiger partial charge in [-0.15, -0.1) is 0 Å². The highest BCUT2D eigenvalue weighted by atomic mass is 19.3. The lowest BCUT2D eigenvalue weighted by Crippen LogP contribution is -2.58. The van der Waals surface area contributed by atoms with Gasteiger partial charge >= 0.3 is 0 Å². The topological polar surface area (TPSA) is 151 Å². The molecule has 0 spiro atoms. The first-order chi connectivity index (χ1) is 17.5. The number of nitrogens with two attached hydrogens (primary N) is 1. The molecule has 11 nitrogen and oxygen atoms in total. The number of halogens is 3. The van der Waals surface area contributed by atoms with Crippen LogP contribution >= 0.6 is 0 Å². The van der Waals surface area contributed by atoms with Crippen molar-refractivity contribution in [3.05, 3.63) is 47.8 Å². The molecule has 2 aliphatic heterocycles. The molecule has 1 aromatic heterocycles. The number of morpholine rings is 1. The number of likely N-dealkylation sites (tertiary alicyclic amines) is 1. The van der Waals surface area contributed by atoms with Crippen LogP contribution < -0.4 is 16.0 Å². The number of hydrogen-bond donors (Lipinski definition) is 3. The first-order valence-corrected chi connectivity index (χ1v) is 11.1. The second-order valence-electron chi connectivity index (χ2n) is 8.68. The van der Waals surface area contributed by atoms with Gasteiger partial charge in [0, 0.05) is 24.0 Å². The van der Waals surface area contributed by atoms with Crippen molar-refractivity contribution in [3.8, 4) is 0 Å². The Kier molecular flexibility index (Phi) is 6.00. The summed E-state index contributed by atoms with van der Waals surface area (Å²) in [6.07, 6.45) is -3.52. The molecule has 0 saturated carbocycles. The molecule has 2 atom stereocenters. The lowest BCUT2D eigenvalue weighted by Gasteiger charge is -2.39. The quantitative estimate of drug-likeness (QED) is 0.457. The Labute approximate surface area is 206 Å².